The molecule has 3 aromatic rings. The van der Waals surface area contributed by atoms with Crippen molar-refractivity contribution >= 4 is 28.3 Å². The summed E-state index contributed by atoms with van der Waals surface area (Å²) in [6.45, 7) is 0.387. The molecule has 0 aliphatic rings. The van der Waals surface area contributed by atoms with Crippen molar-refractivity contribution in [3.05, 3.63) is 54.5 Å². The smallest absolute Gasteiger partial charge is 0.286 e. The van der Waals surface area contributed by atoms with E-state index in [-0.39, 0.29) is 24.0 Å². The lowest BCUT2D eigenvalue weighted by molar-refractivity contribution is -0.116. The van der Waals surface area contributed by atoms with Crippen LogP contribution >= 0.6 is 11.3 Å². The third-order valence-electron chi connectivity index (χ3n) is 3.30. The van der Waals surface area contributed by atoms with E-state index in [1.165, 1.54) is 17.6 Å². The van der Waals surface area contributed by atoms with Crippen molar-refractivity contribution in [3.8, 4) is 10.6 Å². The maximum atomic E-state index is 11.9. The number of anilines is 1. The first-order valence-electron chi connectivity index (χ1n) is 7.73. The molecule has 0 radical (unpaired) electrons. The van der Waals surface area contributed by atoms with E-state index in [9.17, 15) is 9.59 Å². The highest BCUT2D eigenvalue weighted by atomic mass is 32.1. The molecule has 2 heterocycles. The molecule has 0 bridgehead atoms. The van der Waals surface area contributed by atoms with Crippen molar-refractivity contribution in [2.75, 3.05) is 11.9 Å². The van der Waals surface area contributed by atoms with Gasteiger partial charge in [-0.25, -0.2) is 0 Å². The minimum absolute atomic E-state index is 0.164. The van der Waals surface area contributed by atoms with Gasteiger partial charge >= 0.3 is 0 Å². The first-order valence-corrected chi connectivity index (χ1v) is 8.54. The number of nitrogens with zero attached hydrogens (tertiary/aromatic N) is 2. The van der Waals surface area contributed by atoms with E-state index in [0.29, 0.717) is 18.1 Å². The van der Waals surface area contributed by atoms with E-state index < -0.39 is 0 Å². The van der Waals surface area contributed by atoms with Crippen LogP contribution in [0.1, 0.15) is 23.4 Å². The highest BCUT2D eigenvalue weighted by Crippen LogP contribution is 2.25. The van der Waals surface area contributed by atoms with Crippen LogP contribution in [0.25, 0.3) is 10.6 Å². The lowest BCUT2D eigenvalue weighted by Gasteiger charge is -2.03. The Morgan fingerprint density at radius 3 is 2.68 bits per heavy atom. The number of amides is 2. The maximum Gasteiger partial charge on any atom is 0.286 e. The lowest BCUT2D eigenvalue weighted by atomic mass is 10.2. The fraction of sp³-hybridized carbons (Fsp3) is 0.176. The highest BCUT2D eigenvalue weighted by Gasteiger charge is 2.10. The van der Waals surface area contributed by atoms with Crippen LogP contribution in [-0.4, -0.2) is 28.6 Å². The van der Waals surface area contributed by atoms with Gasteiger partial charge in [0.05, 0.1) is 6.26 Å². The van der Waals surface area contributed by atoms with Gasteiger partial charge in [0.15, 0.2) is 5.76 Å². The van der Waals surface area contributed by atoms with Gasteiger partial charge in [-0.2, -0.15) is 0 Å². The van der Waals surface area contributed by atoms with Crippen LogP contribution in [-0.2, 0) is 4.79 Å². The summed E-state index contributed by atoms with van der Waals surface area (Å²) in [5.41, 5.74) is 0.959. The zero-order chi connectivity index (χ0) is 17.5. The Morgan fingerprint density at radius 2 is 1.92 bits per heavy atom. The summed E-state index contributed by atoms with van der Waals surface area (Å²) >= 11 is 1.32. The molecule has 0 saturated heterocycles. The van der Waals surface area contributed by atoms with Crippen LogP contribution in [0.15, 0.2) is 53.1 Å². The summed E-state index contributed by atoms with van der Waals surface area (Å²) in [5, 5.41) is 14.7. The van der Waals surface area contributed by atoms with Crippen LogP contribution in [0.2, 0.25) is 0 Å². The minimum atomic E-state index is -0.290. The predicted octanol–water partition coefficient (Wildman–Crippen LogP) is 2.95. The monoisotopic (exact) mass is 356 g/mol. The fourth-order valence-corrected chi connectivity index (χ4v) is 2.86. The molecule has 7 nitrogen and oxygen atoms in total. The zero-order valence-electron chi connectivity index (χ0n) is 13.3. The number of rotatable bonds is 7. The van der Waals surface area contributed by atoms with Crippen molar-refractivity contribution in [2.45, 2.75) is 12.8 Å². The maximum absolute atomic E-state index is 11.9. The molecule has 2 aromatic heterocycles. The van der Waals surface area contributed by atoms with Crippen molar-refractivity contribution in [1.82, 2.24) is 15.5 Å². The third-order valence-corrected chi connectivity index (χ3v) is 4.19. The molecule has 0 saturated carbocycles. The van der Waals surface area contributed by atoms with Gasteiger partial charge in [0.25, 0.3) is 5.91 Å². The van der Waals surface area contributed by atoms with Gasteiger partial charge in [-0.3, -0.25) is 9.59 Å². The molecular weight excluding hydrogens is 340 g/mol. The van der Waals surface area contributed by atoms with Gasteiger partial charge < -0.3 is 15.1 Å². The van der Waals surface area contributed by atoms with Crippen LogP contribution in [0.3, 0.4) is 0 Å². The SMILES string of the molecule is O=C(CCCNC(=O)c1ccco1)Nc1nnc(-c2ccccc2)s1. The van der Waals surface area contributed by atoms with Crippen molar-refractivity contribution in [3.63, 3.8) is 0 Å². The Morgan fingerprint density at radius 1 is 1.08 bits per heavy atom. The Labute approximate surface area is 148 Å². The van der Waals surface area contributed by atoms with Gasteiger partial charge in [-0.15, -0.1) is 10.2 Å². The number of benzene rings is 1. The van der Waals surface area contributed by atoms with E-state index >= 15 is 0 Å². The van der Waals surface area contributed by atoms with Gasteiger partial charge in [0.2, 0.25) is 11.0 Å². The largest absolute Gasteiger partial charge is 0.459 e. The average molecular weight is 356 g/mol. The number of hydrogen-bond acceptors (Lipinski definition) is 6. The number of carbonyl (C=O) groups is 2. The second-order valence-corrected chi connectivity index (χ2v) is 6.14. The quantitative estimate of drug-likeness (QED) is 0.634. The summed E-state index contributed by atoms with van der Waals surface area (Å²) in [5.74, 6) is -0.197. The second-order valence-electron chi connectivity index (χ2n) is 5.16. The molecule has 0 atom stereocenters. The summed E-state index contributed by atoms with van der Waals surface area (Å²) in [6.07, 6.45) is 2.23. The Balaban J connectivity index is 1.41. The minimum Gasteiger partial charge on any atom is -0.459 e. The molecule has 0 aliphatic heterocycles. The second kappa shape index (κ2) is 8.20. The number of aromatic nitrogens is 2. The van der Waals surface area contributed by atoms with E-state index in [4.69, 9.17) is 4.42 Å². The van der Waals surface area contributed by atoms with E-state index in [0.717, 1.165) is 10.6 Å². The molecule has 2 N–H and O–H groups in total. The number of furan rings is 1. The molecule has 1 aromatic carbocycles. The molecule has 0 aliphatic carbocycles. The van der Waals surface area contributed by atoms with Crippen molar-refractivity contribution in [1.29, 1.82) is 0 Å². The summed E-state index contributed by atoms with van der Waals surface area (Å²) in [4.78, 5) is 23.6. The third kappa shape index (κ3) is 4.74. The Bertz CT molecular complexity index is 831. The van der Waals surface area contributed by atoms with Crippen LogP contribution < -0.4 is 10.6 Å². The molecule has 8 heteroatoms. The standard InChI is InChI=1S/C17H16N4O3S/c22-14(9-4-10-18-15(23)13-8-5-11-24-13)19-17-21-20-16(25-17)12-6-2-1-3-7-12/h1-3,5-8,11H,4,9-10H2,(H,18,23)(H,19,21,22). The Kier molecular flexibility index (Phi) is 5.53. The van der Waals surface area contributed by atoms with Gasteiger partial charge in [-0.05, 0) is 18.6 Å². The number of carbonyl (C=O) groups excluding carboxylic acids is 2. The van der Waals surface area contributed by atoms with Gasteiger partial charge in [0, 0.05) is 18.5 Å². The molecule has 2 amide bonds. The van der Waals surface area contributed by atoms with Crippen LogP contribution in [0, 0.1) is 0 Å². The first kappa shape index (κ1) is 16.8. The topological polar surface area (TPSA) is 97.1 Å². The van der Waals surface area contributed by atoms with Crippen molar-refractivity contribution < 1.29 is 14.0 Å². The molecule has 0 spiro atoms. The summed E-state index contributed by atoms with van der Waals surface area (Å²) in [7, 11) is 0. The Hall–Kier alpha value is -3.00. The normalized spacial score (nSPS) is 10.4. The number of hydrogen-bond donors (Lipinski definition) is 2. The van der Waals surface area contributed by atoms with E-state index in [2.05, 4.69) is 20.8 Å². The number of nitrogens with one attached hydrogen (secondary N) is 2. The predicted molar refractivity (Wildman–Crippen MR) is 94.2 cm³/mol. The molecule has 25 heavy (non-hydrogen) atoms. The lowest BCUT2D eigenvalue weighted by Crippen LogP contribution is -2.25. The molecule has 0 unspecified atom stereocenters. The van der Waals surface area contributed by atoms with Gasteiger partial charge in [-0.1, -0.05) is 41.7 Å². The molecule has 0 fully saturated rings. The highest BCUT2D eigenvalue weighted by molar-refractivity contribution is 7.18. The average Bonchev–Trinajstić information content (AvgIpc) is 3.31. The van der Waals surface area contributed by atoms with Crippen LogP contribution in [0.4, 0.5) is 5.13 Å². The van der Waals surface area contributed by atoms with Crippen LogP contribution in [0.5, 0.6) is 0 Å². The van der Waals surface area contributed by atoms with Gasteiger partial charge in [0.1, 0.15) is 5.01 Å². The first-order chi connectivity index (χ1) is 12.2. The van der Waals surface area contributed by atoms with E-state index in [1.54, 1.807) is 12.1 Å². The molecular formula is C17H16N4O3S. The molecule has 128 valence electrons. The zero-order valence-corrected chi connectivity index (χ0v) is 14.1. The summed E-state index contributed by atoms with van der Waals surface area (Å²) < 4.78 is 4.99. The van der Waals surface area contributed by atoms with Crippen molar-refractivity contribution in [2.24, 2.45) is 0 Å². The van der Waals surface area contributed by atoms with E-state index in [1.807, 2.05) is 30.3 Å². The summed E-state index contributed by atoms with van der Waals surface area (Å²) in [6, 6.07) is 12.9. The molecule has 3 rings (SSSR count). The fourth-order valence-electron chi connectivity index (χ4n) is 2.10.